The largest absolute Gasteiger partial charge is 0.361 e. The Kier molecular flexibility index (Phi) is 3.75. The molecule has 6 nitrogen and oxygen atoms in total. The zero-order valence-corrected chi connectivity index (χ0v) is 15.1. The fraction of sp³-hybridized carbons (Fsp3) is 0.190. The van der Waals surface area contributed by atoms with E-state index in [0.717, 1.165) is 16.5 Å². The fourth-order valence-electron chi connectivity index (χ4n) is 3.71. The number of carbonyl (C=O) groups is 1. The Morgan fingerprint density at radius 1 is 1.25 bits per heavy atom. The van der Waals surface area contributed by atoms with Crippen molar-refractivity contribution in [2.45, 2.75) is 19.3 Å². The molecule has 0 bridgehead atoms. The number of amides is 1. The zero-order chi connectivity index (χ0) is 19.3. The molecule has 1 amide bonds. The number of aromatic amines is 1. The molecule has 1 atom stereocenters. The van der Waals surface area contributed by atoms with Crippen molar-refractivity contribution in [3.8, 4) is 11.5 Å². The molecular weight excluding hydrogens is 359 g/mol. The van der Waals surface area contributed by atoms with Gasteiger partial charge < -0.3 is 14.4 Å². The Morgan fingerprint density at radius 3 is 3.00 bits per heavy atom. The van der Waals surface area contributed by atoms with Crippen molar-refractivity contribution < 1.29 is 13.7 Å². The van der Waals surface area contributed by atoms with Gasteiger partial charge in [0.1, 0.15) is 5.82 Å². The van der Waals surface area contributed by atoms with Crippen LogP contribution in [-0.2, 0) is 4.79 Å². The van der Waals surface area contributed by atoms with Crippen molar-refractivity contribution in [3.05, 3.63) is 65.9 Å². The lowest BCUT2D eigenvalue weighted by Gasteiger charge is -2.16. The van der Waals surface area contributed by atoms with E-state index < -0.39 is 0 Å². The van der Waals surface area contributed by atoms with Gasteiger partial charge in [-0.05, 0) is 48.9 Å². The van der Waals surface area contributed by atoms with Crippen LogP contribution in [0.15, 0.2) is 53.2 Å². The van der Waals surface area contributed by atoms with E-state index in [2.05, 4.69) is 15.1 Å². The van der Waals surface area contributed by atoms with Crippen molar-refractivity contribution in [2.75, 3.05) is 11.4 Å². The molecular formula is C21H17FN4O2. The van der Waals surface area contributed by atoms with Gasteiger partial charge in [-0.25, -0.2) is 4.39 Å². The predicted octanol–water partition coefficient (Wildman–Crippen LogP) is 4.19. The van der Waals surface area contributed by atoms with Gasteiger partial charge in [-0.3, -0.25) is 4.79 Å². The normalized spacial score (nSPS) is 17.0. The molecule has 2 aromatic heterocycles. The molecule has 0 radical (unpaired) electrons. The van der Waals surface area contributed by atoms with Gasteiger partial charge in [0.15, 0.2) is 5.82 Å². The van der Waals surface area contributed by atoms with Crippen LogP contribution < -0.4 is 4.90 Å². The summed E-state index contributed by atoms with van der Waals surface area (Å²) in [5.74, 6) is 0.463. The minimum absolute atomic E-state index is 0.0323. The van der Waals surface area contributed by atoms with Gasteiger partial charge in [-0.1, -0.05) is 11.2 Å². The Morgan fingerprint density at radius 2 is 2.14 bits per heavy atom. The number of halogens is 1. The van der Waals surface area contributed by atoms with Crippen molar-refractivity contribution >= 4 is 22.5 Å². The number of nitrogens with one attached hydrogen (secondary N) is 1. The summed E-state index contributed by atoms with van der Waals surface area (Å²) < 4.78 is 19.0. The van der Waals surface area contributed by atoms with Gasteiger partial charge in [-0.2, -0.15) is 4.98 Å². The number of aromatic nitrogens is 3. The molecule has 5 rings (SSSR count). The molecule has 4 aromatic rings. The quantitative estimate of drug-likeness (QED) is 0.582. The number of aryl methyl sites for hydroxylation is 1. The Bertz CT molecular complexity index is 1200. The van der Waals surface area contributed by atoms with Crippen LogP contribution in [-0.4, -0.2) is 27.6 Å². The summed E-state index contributed by atoms with van der Waals surface area (Å²) in [4.78, 5) is 21.9. The number of benzene rings is 2. The third-order valence-electron chi connectivity index (χ3n) is 5.21. The molecule has 28 heavy (non-hydrogen) atoms. The molecule has 0 aliphatic carbocycles. The maximum atomic E-state index is 13.5. The van der Waals surface area contributed by atoms with E-state index in [0.29, 0.717) is 35.9 Å². The fourth-order valence-corrected chi connectivity index (χ4v) is 3.71. The number of H-pyrrole nitrogens is 1. The SMILES string of the molecule is Cc1cc(N2CC(c3noc(-c4cccc5[nH]ccc45)n3)CC2=O)ccc1F. The van der Waals surface area contributed by atoms with E-state index in [9.17, 15) is 9.18 Å². The first-order valence-corrected chi connectivity index (χ1v) is 9.07. The Hall–Kier alpha value is -3.48. The lowest BCUT2D eigenvalue weighted by Crippen LogP contribution is -2.24. The van der Waals surface area contributed by atoms with Gasteiger partial charge in [0, 0.05) is 47.2 Å². The van der Waals surface area contributed by atoms with Gasteiger partial charge in [0.2, 0.25) is 5.91 Å². The second-order valence-corrected chi connectivity index (χ2v) is 7.04. The third kappa shape index (κ3) is 2.67. The maximum Gasteiger partial charge on any atom is 0.258 e. The maximum absolute atomic E-state index is 13.5. The van der Waals surface area contributed by atoms with E-state index in [1.54, 1.807) is 24.0 Å². The molecule has 1 aliphatic heterocycles. The first-order valence-electron chi connectivity index (χ1n) is 9.07. The highest BCUT2D eigenvalue weighted by atomic mass is 19.1. The minimum atomic E-state index is -0.284. The third-order valence-corrected chi connectivity index (χ3v) is 5.21. The number of nitrogens with zero attached hydrogens (tertiary/aromatic N) is 3. The van der Waals surface area contributed by atoms with Crippen LogP contribution in [0, 0.1) is 12.7 Å². The van der Waals surface area contributed by atoms with Gasteiger partial charge >= 0.3 is 0 Å². The average Bonchev–Trinajstić information content (AvgIpc) is 3.42. The average molecular weight is 376 g/mol. The van der Waals surface area contributed by atoms with Gasteiger partial charge in [0.05, 0.1) is 0 Å². The van der Waals surface area contributed by atoms with Crippen molar-refractivity contribution in [3.63, 3.8) is 0 Å². The number of anilines is 1. The van der Waals surface area contributed by atoms with E-state index in [1.165, 1.54) is 6.07 Å². The van der Waals surface area contributed by atoms with Crippen LogP contribution in [0.4, 0.5) is 10.1 Å². The topological polar surface area (TPSA) is 75.0 Å². The molecule has 140 valence electrons. The zero-order valence-electron chi connectivity index (χ0n) is 15.1. The predicted molar refractivity (Wildman–Crippen MR) is 102 cm³/mol. The number of rotatable bonds is 3. The lowest BCUT2D eigenvalue weighted by atomic mass is 10.1. The summed E-state index contributed by atoms with van der Waals surface area (Å²) in [7, 11) is 0. The number of hydrogen-bond acceptors (Lipinski definition) is 4. The van der Waals surface area contributed by atoms with Crippen LogP contribution in [0.3, 0.4) is 0 Å². The van der Waals surface area contributed by atoms with E-state index in [4.69, 9.17) is 4.52 Å². The second-order valence-electron chi connectivity index (χ2n) is 7.04. The molecule has 1 saturated heterocycles. The summed E-state index contributed by atoms with van der Waals surface area (Å²) >= 11 is 0. The molecule has 7 heteroatoms. The summed E-state index contributed by atoms with van der Waals surface area (Å²) in [5, 5.41) is 5.13. The van der Waals surface area contributed by atoms with Gasteiger partial charge in [-0.15, -0.1) is 0 Å². The molecule has 1 N–H and O–H groups in total. The molecule has 0 saturated carbocycles. The molecule has 2 aromatic carbocycles. The van der Waals surface area contributed by atoms with E-state index >= 15 is 0 Å². The minimum Gasteiger partial charge on any atom is -0.361 e. The van der Waals surface area contributed by atoms with Crippen LogP contribution in [0.25, 0.3) is 22.4 Å². The van der Waals surface area contributed by atoms with Crippen LogP contribution >= 0.6 is 0 Å². The number of hydrogen-bond donors (Lipinski definition) is 1. The number of carbonyl (C=O) groups excluding carboxylic acids is 1. The highest BCUT2D eigenvalue weighted by Gasteiger charge is 2.35. The highest BCUT2D eigenvalue weighted by molar-refractivity contribution is 5.96. The van der Waals surface area contributed by atoms with Crippen molar-refractivity contribution in [1.82, 2.24) is 15.1 Å². The standard InChI is InChI=1S/C21H17FN4O2/c1-12-9-14(5-6-17(12)22)26-11-13(10-19(26)27)20-24-21(28-25-20)16-3-2-4-18-15(16)7-8-23-18/h2-9,13,23H,10-11H2,1H3. The summed E-state index contributed by atoms with van der Waals surface area (Å²) in [5.41, 5.74) is 3.04. The first kappa shape index (κ1) is 16.7. The number of fused-ring (bicyclic) bond motifs is 1. The van der Waals surface area contributed by atoms with Crippen LogP contribution in [0.1, 0.15) is 23.7 Å². The second kappa shape index (κ2) is 6.30. The summed E-state index contributed by atoms with van der Waals surface area (Å²) in [6.07, 6.45) is 2.16. The van der Waals surface area contributed by atoms with Crippen LogP contribution in [0.2, 0.25) is 0 Å². The van der Waals surface area contributed by atoms with E-state index in [1.807, 2.05) is 30.5 Å². The smallest absolute Gasteiger partial charge is 0.258 e. The molecule has 1 unspecified atom stereocenters. The first-order chi connectivity index (χ1) is 13.6. The molecule has 1 aliphatic rings. The molecule has 0 spiro atoms. The molecule has 1 fully saturated rings. The Labute approximate surface area is 160 Å². The summed E-state index contributed by atoms with van der Waals surface area (Å²) in [6.45, 7) is 2.13. The van der Waals surface area contributed by atoms with Crippen molar-refractivity contribution in [1.29, 1.82) is 0 Å². The van der Waals surface area contributed by atoms with Gasteiger partial charge in [0.25, 0.3) is 5.89 Å². The highest BCUT2D eigenvalue weighted by Crippen LogP contribution is 2.33. The van der Waals surface area contributed by atoms with Crippen molar-refractivity contribution in [2.24, 2.45) is 0 Å². The Balaban J connectivity index is 1.43. The molecule has 3 heterocycles. The lowest BCUT2D eigenvalue weighted by molar-refractivity contribution is -0.117. The summed E-state index contributed by atoms with van der Waals surface area (Å²) in [6, 6.07) is 12.5. The van der Waals surface area contributed by atoms with E-state index in [-0.39, 0.29) is 17.6 Å². The van der Waals surface area contributed by atoms with Crippen LogP contribution in [0.5, 0.6) is 0 Å². The monoisotopic (exact) mass is 376 g/mol.